The number of nitrogens with one attached hydrogen (secondary N) is 2. The van der Waals surface area contributed by atoms with E-state index in [1.165, 1.54) is 12.3 Å². The lowest BCUT2D eigenvalue weighted by molar-refractivity contribution is 0.102. The van der Waals surface area contributed by atoms with Gasteiger partial charge in [0.2, 0.25) is 0 Å². The summed E-state index contributed by atoms with van der Waals surface area (Å²) in [5.74, 6) is -0.743. The maximum atomic E-state index is 13.6. The lowest BCUT2D eigenvalue weighted by Gasteiger charge is -2.06. The fourth-order valence-corrected chi connectivity index (χ4v) is 2.11. The number of anilines is 1. The Balaban J connectivity index is 1.78. The first-order chi connectivity index (χ1) is 10.7. The Kier molecular flexibility index (Phi) is 3.91. The topological polar surface area (TPSA) is 70.7 Å². The maximum absolute atomic E-state index is 13.6. The van der Waals surface area contributed by atoms with Gasteiger partial charge in [0.25, 0.3) is 5.91 Å². The van der Waals surface area contributed by atoms with E-state index in [4.69, 9.17) is 0 Å². The molecule has 0 aliphatic heterocycles. The molecule has 0 bridgehead atoms. The van der Waals surface area contributed by atoms with Crippen molar-refractivity contribution in [3.8, 4) is 0 Å². The molecule has 2 heterocycles. The molecule has 0 unspecified atom stereocenters. The van der Waals surface area contributed by atoms with Crippen molar-refractivity contribution < 1.29 is 9.18 Å². The first-order valence-corrected chi connectivity index (χ1v) is 6.71. The zero-order valence-corrected chi connectivity index (χ0v) is 11.6. The largest absolute Gasteiger partial charge is 0.307 e. The van der Waals surface area contributed by atoms with Gasteiger partial charge >= 0.3 is 0 Å². The van der Waals surface area contributed by atoms with Gasteiger partial charge in [-0.1, -0.05) is 30.3 Å². The average Bonchev–Trinajstić information content (AvgIpc) is 2.95. The molecule has 2 aromatic heterocycles. The molecule has 0 atom stereocenters. The van der Waals surface area contributed by atoms with E-state index in [0.717, 1.165) is 17.3 Å². The number of aromatic nitrogens is 3. The van der Waals surface area contributed by atoms with Gasteiger partial charge < -0.3 is 5.32 Å². The van der Waals surface area contributed by atoms with E-state index >= 15 is 0 Å². The SMILES string of the molecule is O=C(Nc1[nH]ncc1Cc1ccccc1)c1ccncc1F. The first-order valence-electron chi connectivity index (χ1n) is 6.71. The van der Waals surface area contributed by atoms with E-state index in [1.807, 2.05) is 30.3 Å². The van der Waals surface area contributed by atoms with Gasteiger partial charge in [-0.2, -0.15) is 5.10 Å². The molecule has 1 amide bonds. The molecule has 0 saturated heterocycles. The van der Waals surface area contributed by atoms with Gasteiger partial charge in [0.15, 0.2) is 5.82 Å². The molecule has 0 aliphatic carbocycles. The summed E-state index contributed by atoms with van der Waals surface area (Å²) < 4.78 is 13.6. The number of aromatic amines is 1. The van der Waals surface area contributed by atoms with Gasteiger partial charge in [-0.15, -0.1) is 0 Å². The van der Waals surface area contributed by atoms with Crippen LogP contribution in [-0.4, -0.2) is 21.1 Å². The molecule has 0 fully saturated rings. The van der Waals surface area contributed by atoms with Crippen LogP contribution in [0.5, 0.6) is 0 Å². The zero-order valence-electron chi connectivity index (χ0n) is 11.6. The minimum atomic E-state index is -0.663. The van der Waals surface area contributed by atoms with E-state index in [2.05, 4.69) is 20.5 Å². The third kappa shape index (κ3) is 3.01. The number of benzene rings is 1. The Morgan fingerprint density at radius 3 is 2.77 bits per heavy atom. The summed E-state index contributed by atoms with van der Waals surface area (Å²) in [7, 11) is 0. The number of nitrogens with zero attached hydrogens (tertiary/aromatic N) is 2. The number of hydrogen-bond donors (Lipinski definition) is 2. The third-order valence-electron chi connectivity index (χ3n) is 3.21. The zero-order chi connectivity index (χ0) is 15.4. The molecule has 0 radical (unpaired) electrons. The molecule has 0 spiro atoms. The second kappa shape index (κ2) is 6.17. The quantitative estimate of drug-likeness (QED) is 0.777. The molecule has 0 aliphatic rings. The van der Waals surface area contributed by atoms with Crippen LogP contribution in [0, 0.1) is 5.82 Å². The molecular weight excluding hydrogens is 283 g/mol. The van der Waals surface area contributed by atoms with Gasteiger partial charge in [0.1, 0.15) is 5.82 Å². The number of H-pyrrole nitrogens is 1. The van der Waals surface area contributed by atoms with Crippen molar-refractivity contribution in [2.45, 2.75) is 6.42 Å². The molecular formula is C16H13FN4O. The minimum Gasteiger partial charge on any atom is -0.307 e. The van der Waals surface area contributed by atoms with Gasteiger partial charge in [0, 0.05) is 18.2 Å². The van der Waals surface area contributed by atoms with Gasteiger partial charge in [-0.05, 0) is 11.6 Å². The third-order valence-corrected chi connectivity index (χ3v) is 3.21. The van der Waals surface area contributed by atoms with E-state index in [9.17, 15) is 9.18 Å². The lowest BCUT2D eigenvalue weighted by atomic mass is 10.1. The van der Waals surface area contributed by atoms with Crippen LogP contribution in [0.25, 0.3) is 0 Å². The Bertz CT molecular complexity index is 786. The predicted octanol–water partition coefficient (Wildman–Crippen LogP) is 2.79. The smallest absolute Gasteiger partial charge is 0.259 e. The van der Waals surface area contributed by atoms with Crippen LogP contribution in [-0.2, 0) is 6.42 Å². The monoisotopic (exact) mass is 296 g/mol. The number of amides is 1. The second-order valence-corrected chi connectivity index (χ2v) is 4.74. The summed E-state index contributed by atoms with van der Waals surface area (Å²) in [6.07, 6.45) is 4.64. The average molecular weight is 296 g/mol. The molecule has 22 heavy (non-hydrogen) atoms. The summed E-state index contributed by atoms with van der Waals surface area (Å²) in [6.45, 7) is 0. The van der Waals surface area contributed by atoms with E-state index < -0.39 is 11.7 Å². The summed E-state index contributed by atoms with van der Waals surface area (Å²) in [6, 6.07) is 11.1. The summed E-state index contributed by atoms with van der Waals surface area (Å²) in [5, 5.41) is 9.31. The molecule has 6 heteroatoms. The van der Waals surface area contributed by atoms with Gasteiger partial charge in [-0.3, -0.25) is 14.9 Å². The maximum Gasteiger partial charge on any atom is 0.259 e. The highest BCUT2D eigenvalue weighted by Crippen LogP contribution is 2.17. The van der Waals surface area contributed by atoms with Gasteiger partial charge in [-0.25, -0.2) is 4.39 Å². The lowest BCUT2D eigenvalue weighted by Crippen LogP contribution is -2.15. The summed E-state index contributed by atoms with van der Waals surface area (Å²) in [4.78, 5) is 15.7. The fraction of sp³-hybridized carbons (Fsp3) is 0.0625. The van der Waals surface area contributed by atoms with Crippen molar-refractivity contribution in [3.63, 3.8) is 0 Å². The van der Waals surface area contributed by atoms with Crippen LogP contribution < -0.4 is 5.32 Å². The van der Waals surface area contributed by atoms with Crippen molar-refractivity contribution in [2.75, 3.05) is 5.32 Å². The van der Waals surface area contributed by atoms with Crippen LogP contribution in [0.4, 0.5) is 10.2 Å². The Hall–Kier alpha value is -3.02. The van der Waals surface area contributed by atoms with Crippen molar-refractivity contribution in [1.82, 2.24) is 15.2 Å². The number of halogens is 1. The standard InChI is InChI=1S/C16H13FN4O/c17-14-10-18-7-6-13(14)16(22)20-15-12(9-19-21-15)8-11-4-2-1-3-5-11/h1-7,9-10H,8H2,(H2,19,20,21,22). The van der Waals surface area contributed by atoms with Crippen LogP contribution in [0.15, 0.2) is 55.0 Å². The fourth-order valence-electron chi connectivity index (χ4n) is 2.11. The second-order valence-electron chi connectivity index (χ2n) is 4.74. The van der Waals surface area contributed by atoms with Crippen molar-refractivity contribution in [2.24, 2.45) is 0 Å². The Morgan fingerprint density at radius 1 is 1.18 bits per heavy atom. The highest BCUT2D eigenvalue weighted by molar-refractivity contribution is 6.04. The highest BCUT2D eigenvalue weighted by Gasteiger charge is 2.14. The van der Waals surface area contributed by atoms with Crippen LogP contribution in [0.2, 0.25) is 0 Å². The molecule has 1 aromatic carbocycles. The molecule has 3 rings (SSSR count). The number of pyridine rings is 1. The highest BCUT2D eigenvalue weighted by atomic mass is 19.1. The van der Waals surface area contributed by atoms with E-state index in [-0.39, 0.29) is 5.56 Å². The minimum absolute atomic E-state index is 0.0599. The first kappa shape index (κ1) is 13.9. The van der Waals surface area contributed by atoms with E-state index in [1.54, 1.807) is 6.20 Å². The Labute approximate surface area is 126 Å². The Morgan fingerprint density at radius 2 is 2.00 bits per heavy atom. The number of rotatable bonds is 4. The predicted molar refractivity (Wildman–Crippen MR) is 80.0 cm³/mol. The van der Waals surface area contributed by atoms with Crippen molar-refractivity contribution in [1.29, 1.82) is 0 Å². The molecule has 110 valence electrons. The summed E-state index contributed by atoms with van der Waals surface area (Å²) >= 11 is 0. The van der Waals surface area contributed by atoms with Crippen LogP contribution >= 0.6 is 0 Å². The number of hydrogen-bond acceptors (Lipinski definition) is 3. The van der Waals surface area contributed by atoms with Crippen LogP contribution in [0.1, 0.15) is 21.5 Å². The van der Waals surface area contributed by atoms with Crippen LogP contribution in [0.3, 0.4) is 0 Å². The number of carbonyl (C=O) groups is 1. The summed E-state index contributed by atoms with van der Waals surface area (Å²) in [5.41, 5.74) is 1.86. The number of carbonyl (C=O) groups excluding carboxylic acids is 1. The normalized spacial score (nSPS) is 10.4. The van der Waals surface area contributed by atoms with E-state index in [0.29, 0.717) is 12.2 Å². The molecule has 2 N–H and O–H groups in total. The molecule has 0 saturated carbocycles. The molecule has 3 aromatic rings. The molecule has 5 nitrogen and oxygen atoms in total. The van der Waals surface area contributed by atoms with Gasteiger partial charge in [0.05, 0.1) is 18.0 Å². The van der Waals surface area contributed by atoms with Crippen molar-refractivity contribution in [3.05, 3.63) is 77.5 Å². The van der Waals surface area contributed by atoms with Crippen molar-refractivity contribution >= 4 is 11.7 Å².